The summed E-state index contributed by atoms with van der Waals surface area (Å²) in [6.45, 7) is 2.18. The third kappa shape index (κ3) is 2.14. The first kappa shape index (κ1) is 13.6. The van der Waals surface area contributed by atoms with Gasteiger partial charge >= 0.3 is 136 Å². The minimum absolute atomic E-state index is 0.258. The third-order valence-electron chi connectivity index (χ3n) is 3.92. The number of hydrogen-bond acceptors (Lipinski definition) is 1. The van der Waals surface area contributed by atoms with Gasteiger partial charge in [-0.15, -0.1) is 0 Å². The summed E-state index contributed by atoms with van der Waals surface area (Å²) in [6, 6.07) is 19.0. The molecular weight excluding hydrogens is 337 g/mol. The van der Waals surface area contributed by atoms with Gasteiger partial charge in [-0.2, -0.15) is 0 Å². The Morgan fingerprint density at radius 2 is 1.73 bits per heavy atom. The van der Waals surface area contributed by atoms with Gasteiger partial charge in [0.15, 0.2) is 0 Å². The summed E-state index contributed by atoms with van der Waals surface area (Å²) in [5.41, 5.74) is 3.85. The van der Waals surface area contributed by atoms with Crippen LogP contribution < -0.4 is 18.2 Å². The summed E-state index contributed by atoms with van der Waals surface area (Å²) in [7, 11) is 2.10. The summed E-state index contributed by atoms with van der Waals surface area (Å²) in [4.78, 5) is 0. The van der Waals surface area contributed by atoms with Crippen molar-refractivity contribution in [2.24, 2.45) is 7.05 Å². The first-order chi connectivity index (χ1) is 10.7. The Balaban J connectivity index is 1.94. The van der Waals surface area contributed by atoms with Crippen LogP contribution >= 0.6 is 0 Å². The fourth-order valence-electron chi connectivity index (χ4n) is 2.79. The van der Waals surface area contributed by atoms with Gasteiger partial charge in [-0.1, -0.05) is 0 Å². The molecule has 2 nitrogen and oxygen atoms in total. The van der Waals surface area contributed by atoms with Gasteiger partial charge in [0, 0.05) is 0 Å². The van der Waals surface area contributed by atoms with Gasteiger partial charge < -0.3 is 0 Å². The van der Waals surface area contributed by atoms with Crippen LogP contribution in [-0.4, -0.2) is 15.0 Å². The van der Waals surface area contributed by atoms with Gasteiger partial charge in [0.05, 0.1) is 0 Å². The van der Waals surface area contributed by atoms with Crippen molar-refractivity contribution in [3.63, 3.8) is 0 Å². The topological polar surface area (TPSA) is 13.1 Å². The number of aromatic nitrogens is 1. The molecule has 4 rings (SSSR count). The molecule has 0 fully saturated rings. The van der Waals surface area contributed by atoms with Crippen molar-refractivity contribution < 1.29 is 9.30 Å². The van der Waals surface area contributed by atoms with Crippen LogP contribution in [0.25, 0.3) is 11.3 Å². The molecule has 0 bridgehead atoms. The Morgan fingerprint density at radius 3 is 2.59 bits per heavy atom. The minimum atomic E-state index is 0.258. The van der Waals surface area contributed by atoms with Crippen LogP contribution in [0.3, 0.4) is 0 Å². The van der Waals surface area contributed by atoms with E-state index in [1.165, 1.54) is 25.7 Å². The standard InChI is InChI=1S/C19H16NOSe/c1-13-10-11-16-19(18(13)14-7-5-6-12-20(14)2)22-17-9-4-3-8-15(17)21-16/h3-12H,1-2H3/q+1. The number of pyridine rings is 1. The van der Waals surface area contributed by atoms with Crippen molar-refractivity contribution in [3.8, 4) is 22.8 Å². The Bertz CT molecular complexity index is 873. The molecule has 0 spiro atoms. The SMILES string of the molecule is Cc1ccc2c(c1-c1cccc[n+]1C)[Se]c1ccccc1O2. The zero-order valence-electron chi connectivity index (χ0n) is 12.5. The van der Waals surface area contributed by atoms with Crippen molar-refractivity contribution in [1.82, 2.24) is 0 Å². The van der Waals surface area contributed by atoms with Crippen molar-refractivity contribution in [2.75, 3.05) is 0 Å². The molecule has 1 aliphatic rings. The van der Waals surface area contributed by atoms with E-state index in [9.17, 15) is 0 Å². The van der Waals surface area contributed by atoms with Crippen molar-refractivity contribution in [1.29, 1.82) is 0 Å². The molecule has 0 amide bonds. The summed E-state index contributed by atoms with van der Waals surface area (Å²) in [6.07, 6.45) is 2.10. The molecule has 22 heavy (non-hydrogen) atoms. The Hall–Kier alpha value is -2.09. The predicted octanol–water partition coefficient (Wildman–Crippen LogP) is 2.25. The fraction of sp³-hybridized carbons (Fsp3) is 0.105. The normalized spacial score (nSPS) is 12.3. The molecule has 0 aliphatic carbocycles. The molecular formula is C19H16NOSe+. The molecule has 0 saturated heterocycles. The molecule has 3 heteroatoms. The monoisotopic (exact) mass is 354 g/mol. The maximum absolute atomic E-state index is 6.14. The maximum atomic E-state index is 6.14. The molecule has 1 aromatic heterocycles. The Morgan fingerprint density at radius 1 is 0.909 bits per heavy atom. The average molecular weight is 353 g/mol. The quantitative estimate of drug-likeness (QED) is 0.378. The van der Waals surface area contributed by atoms with Crippen LogP contribution in [0.2, 0.25) is 0 Å². The second-order valence-corrected chi connectivity index (χ2v) is 7.64. The van der Waals surface area contributed by atoms with E-state index >= 15 is 0 Å². The van der Waals surface area contributed by atoms with Crippen LogP contribution in [0.1, 0.15) is 5.56 Å². The Kier molecular flexibility index (Phi) is 3.25. The molecule has 3 aromatic rings. The van der Waals surface area contributed by atoms with Gasteiger partial charge in [-0.05, 0) is 0 Å². The van der Waals surface area contributed by atoms with E-state index in [0.29, 0.717) is 0 Å². The number of ether oxygens (including phenoxy) is 1. The molecule has 0 N–H and O–H groups in total. The third-order valence-corrected chi connectivity index (χ3v) is 6.37. The molecule has 1 aliphatic heterocycles. The number of hydrogen-bond donors (Lipinski definition) is 0. The number of para-hydroxylation sites is 1. The van der Waals surface area contributed by atoms with E-state index in [2.05, 4.69) is 73.3 Å². The number of rotatable bonds is 1. The van der Waals surface area contributed by atoms with Crippen molar-refractivity contribution in [2.45, 2.75) is 6.92 Å². The van der Waals surface area contributed by atoms with Gasteiger partial charge in [-0.3, -0.25) is 0 Å². The first-order valence-corrected chi connectivity index (χ1v) is 8.99. The molecule has 0 unspecified atom stereocenters. The summed E-state index contributed by atoms with van der Waals surface area (Å²) < 4.78 is 11.0. The van der Waals surface area contributed by atoms with Crippen LogP contribution in [0.5, 0.6) is 11.5 Å². The van der Waals surface area contributed by atoms with Gasteiger partial charge in [0.1, 0.15) is 0 Å². The number of aryl methyl sites for hydroxylation is 2. The number of fused-ring (bicyclic) bond motifs is 2. The van der Waals surface area contributed by atoms with Crippen LogP contribution in [0.15, 0.2) is 60.8 Å². The molecule has 0 saturated carbocycles. The van der Waals surface area contributed by atoms with Crippen LogP contribution in [-0.2, 0) is 7.05 Å². The number of nitrogens with zero attached hydrogens (tertiary/aromatic N) is 1. The van der Waals surface area contributed by atoms with E-state index in [4.69, 9.17) is 4.74 Å². The zero-order chi connectivity index (χ0) is 15.1. The van der Waals surface area contributed by atoms with Crippen LogP contribution in [0, 0.1) is 6.92 Å². The van der Waals surface area contributed by atoms with Crippen molar-refractivity contribution >= 4 is 23.9 Å². The average Bonchev–Trinajstić information content (AvgIpc) is 2.54. The summed E-state index contributed by atoms with van der Waals surface area (Å²) in [5, 5.41) is 0. The van der Waals surface area contributed by atoms with E-state index in [1.807, 2.05) is 6.07 Å². The molecule has 2 heterocycles. The second-order valence-electron chi connectivity index (χ2n) is 5.43. The molecule has 0 atom stereocenters. The molecule has 2 aromatic carbocycles. The van der Waals surface area contributed by atoms with E-state index in [1.54, 1.807) is 0 Å². The van der Waals surface area contributed by atoms with Gasteiger partial charge in [0.2, 0.25) is 0 Å². The predicted molar refractivity (Wildman–Crippen MR) is 89.3 cm³/mol. The molecule has 0 radical (unpaired) electrons. The van der Waals surface area contributed by atoms with Crippen molar-refractivity contribution in [3.05, 3.63) is 66.4 Å². The number of benzene rings is 2. The van der Waals surface area contributed by atoms with E-state index in [0.717, 1.165) is 11.5 Å². The second kappa shape index (κ2) is 5.27. The van der Waals surface area contributed by atoms with E-state index < -0.39 is 0 Å². The van der Waals surface area contributed by atoms with Gasteiger partial charge in [-0.25, -0.2) is 0 Å². The van der Waals surface area contributed by atoms with Crippen LogP contribution in [0.4, 0.5) is 0 Å². The zero-order valence-corrected chi connectivity index (χ0v) is 14.3. The van der Waals surface area contributed by atoms with Gasteiger partial charge in [0.25, 0.3) is 0 Å². The Labute approximate surface area is 136 Å². The summed E-state index contributed by atoms with van der Waals surface area (Å²) in [5.74, 6) is 2.00. The molecule has 108 valence electrons. The van der Waals surface area contributed by atoms with E-state index in [-0.39, 0.29) is 15.0 Å². The summed E-state index contributed by atoms with van der Waals surface area (Å²) >= 11 is 0.258. The fourth-order valence-corrected chi connectivity index (χ4v) is 5.22. The first-order valence-electron chi connectivity index (χ1n) is 7.27.